The van der Waals surface area contributed by atoms with Crippen LogP contribution in [0.25, 0.3) is 0 Å². The monoisotopic (exact) mass is 247 g/mol. The molecule has 1 aromatic rings. The van der Waals surface area contributed by atoms with Crippen molar-refractivity contribution >= 4 is 11.6 Å². The lowest BCUT2D eigenvalue weighted by atomic mass is 10.1. The number of rotatable bonds is 6. The van der Waals surface area contributed by atoms with Gasteiger partial charge in [-0.2, -0.15) is 0 Å². The Labute approximate surface area is 99.2 Å². The second kappa shape index (κ2) is 6.81. The van der Waals surface area contributed by atoms with Crippen molar-refractivity contribution in [2.75, 3.05) is 26.8 Å². The summed E-state index contributed by atoms with van der Waals surface area (Å²) in [7, 11) is 1.61. The molecule has 0 aliphatic heterocycles. The minimum atomic E-state index is -0.745. The molecule has 5 heteroatoms. The number of halogens is 2. The van der Waals surface area contributed by atoms with Crippen LogP contribution in [-0.2, 0) is 4.74 Å². The molecule has 0 saturated carbocycles. The normalized spacial score (nSPS) is 12.8. The van der Waals surface area contributed by atoms with Gasteiger partial charge < -0.3 is 15.2 Å². The molecule has 16 heavy (non-hydrogen) atoms. The third kappa shape index (κ3) is 4.06. The van der Waals surface area contributed by atoms with Gasteiger partial charge in [0.1, 0.15) is 5.82 Å². The standard InChI is InChI=1S/C11H15ClFNO2/c1-16-5-4-14-7-11(15)9-3-2-8(13)6-10(9)12/h2-3,6,11,14-15H,4-5,7H2,1H3. The van der Waals surface area contributed by atoms with Crippen molar-refractivity contribution in [3.05, 3.63) is 34.6 Å². The highest BCUT2D eigenvalue weighted by atomic mass is 35.5. The predicted octanol–water partition coefficient (Wildman–Crippen LogP) is 1.75. The Morgan fingerprint density at radius 1 is 1.56 bits per heavy atom. The second-order valence-corrected chi connectivity index (χ2v) is 3.79. The Balaban J connectivity index is 2.49. The molecule has 0 aliphatic rings. The van der Waals surface area contributed by atoms with E-state index in [1.165, 1.54) is 18.2 Å². The number of aliphatic hydroxyl groups excluding tert-OH is 1. The number of hydrogen-bond acceptors (Lipinski definition) is 3. The smallest absolute Gasteiger partial charge is 0.124 e. The van der Waals surface area contributed by atoms with Crippen LogP contribution in [0.2, 0.25) is 5.02 Å². The number of ether oxygens (including phenoxy) is 1. The van der Waals surface area contributed by atoms with Crippen molar-refractivity contribution in [2.45, 2.75) is 6.10 Å². The van der Waals surface area contributed by atoms with Crippen molar-refractivity contribution in [3.8, 4) is 0 Å². The maximum absolute atomic E-state index is 12.8. The van der Waals surface area contributed by atoms with Crippen LogP contribution in [0.5, 0.6) is 0 Å². The summed E-state index contributed by atoms with van der Waals surface area (Å²) in [5.74, 6) is -0.409. The van der Waals surface area contributed by atoms with Crippen molar-refractivity contribution in [1.82, 2.24) is 5.32 Å². The van der Waals surface area contributed by atoms with E-state index in [0.29, 0.717) is 25.3 Å². The first-order chi connectivity index (χ1) is 7.65. The molecule has 0 heterocycles. The number of nitrogens with one attached hydrogen (secondary N) is 1. The molecule has 0 spiro atoms. The van der Waals surface area contributed by atoms with Crippen molar-refractivity contribution in [2.24, 2.45) is 0 Å². The molecule has 0 radical (unpaired) electrons. The summed E-state index contributed by atoms with van der Waals surface area (Å²) >= 11 is 5.81. The van der Waals surface area contributed by atoms with E-state index < -0.39 is 11.9 Å². The third-order valence-corrected chi connectivity index (χ3v) is 2.47. The van der Waals surface area contributed by atoms with Crippen LogP contribution in [0.4, 0.5) is 4.39 Å². The van der Waals surface area contributed by atoms with Gasteiger partial charge in [-0.1, -0.05) is 17.7 Å². The summed E-state index contributed by atoms with van der Waals surface area (Å²) in [5, 5.41) is 13.0. The summed E-state index contributed by atoms with van der Waals surface area (Å²) < 4.78 is 17.6. The second-order valence-electron chi connectivity index (χ2n) is 3.38. The van der Waals surface area contributed by atoms with Crippen molar-refractivity contribution in [3.63, 3.8) is 0 Å². The Bertz CT molecular complexity index is 336. The number of aliphatic hydroxyl groups is 1. The summed E-state index contributed by atoms with van der Waals surface area (Å²) in [6, 6.07) is 3.95. The maximum atomic E-state index is 12.8. The van der Waals surface area contributed by atoms with Gasteiger partial charge >= 0.3 is 0 Å². The number of methoxy groups -OCH3 is 1. The highest BCUT2D eigenvalue weighted by molar-refractivity contribution is 6.31. The number of hydrogen-bond donors (Lipinski definition) is 2. The molecule has 0 saturated heterocycles. The van der Waals surface area contributed by atoms with E-state index in [1.807, 2.05) is 0 Å². The van der Waals surface area contributed by atoms with E-state index in [2.05, 4.69) is 5.32 Å². The lowest BCUT2D eigenvalue weighted by Gasteiger charge is -2.13. The zero-order valence-corrected chi connectivity index (χ0v) is 9.80. The molecule has 1 aromatic carbocycles. The zero-order chi connectivity index (χ0) is 12.0. The molecule has 1 rings (SSSR count). The average molecular weight is 248 g/mol. The van der Waals surface area contributed by atoms with E-state index >= 15 is 0 Å². The fraction of sp³-hybridized carbons (Fsp3) is 0.455. The van der Waals surface area contributed by atoms with Crippen molar-refractivity contribution in [1.29, 1.82) is 0 Å². The molecule has 90 valence electrons. The molecule has 0 fully saturated rings. The van der Waals surface area contributed by atoms with Gasteiger partial charge in [-0.15, -0.1) is 0 Å². The van der Waals surface area contributed by atoms with Crippen LogP contribution >= 0.6 is 11.6 Å². The van der Waals surface area contributed by atoms with Gasteiger partial charge in [0.25, 0.3) is 0 Å². The van der Waals surface area contributed by atoms with E-state index in [1.54, 1.807) is 7.11 Å². The fourth-order valence-electron chi connectivity index (χ4n) is 1.29. The van der Waals surface area contributed by atoms with Gasteiger partial charge in [-0.05, 0) is 12.1 Å². The van der Waals surface area contributed by atoms with Gasteiger partial charge in [-0.25, -0.2) is 4.39 Å². The molecule has 0 amide bonds. The van der Waals surface area contributed by atoms with Gasteiger partial charge in [0.15, 0.2) is 0 Å². The Hall–Kier alpha value is -0.680. The predicted molar refractivity (Wildman–Crippen MR) is 61.1 cm³/mol. The molecule has 0 aromatic heterocycles. The highest BCUT2D eigenvalue weighted by Crippen LogP contribution is 2.23. The minimum Gasteiger partial charge on any atom is -0.387 e. The molecular formula is C11H15ClFNO2. The molecule has 0 aliphatic carbocycles. The first-order valence-corrected chi connectivity index (χ1v) is 5.35. The van der Waals surface area contributed by atoms with Gasteiger partial charge in [0, 0.05) is 30.8 Å². The maximum Gasteiger partial charge on any atom is 0.124 e. The minimum absolute atomic E-state index is 0.237. The molecule has 1 unspecified atom stereocenters. The molecule has 0 bridgehead atoms. The Kier molecular flexibility index (Phi) is 5.69. The van der Waals surface area contributed by atoms with E-state index in [0.717, 1.165) is 0 Å². The van der Waals surface area contributed by atoms with Crippen LogP contribution in [0.1, 0.15) is 11.7 Å². The lowest BCUT2D eigenvalue weighted by molar-refractivity contribution is 0.161. The van der Waals surface area contributed by atoms with E-state index in [4.69, 9.17) is 16.3 Å². The van der Waals surface area contributed by atoms with Gasteiger partial charge in [0.2, 0.25) is 0 Å². The quantitative estimate of drug-likeness (QED) is 0.753. The topological polar surface area (TPSA) is 41.5 Å². The largest absolute Gasteiger partial charge is 0.387 e. The van der Waals surface area contributed by atoms with Crippen LogP contribution < -0.4 is 5.32 Å². The van der Waals surface area contributed by atoms with E-state index in [-0.39, 0.29) is 5.02 Å². The molecular weight excluding hydrogens is 233 g/mol. The lowest BCUT2D eigenvalue weighted by Crippen LogP contribution is -2.25. The van der Waals surface area contributed by atoms with Gasteiger partial charge in [-0.3, -0.25) is 0 Å². The highest BCUT2D eigenvalue weighted by Gasteiger charge is 2.11. The SMILES string of the molecule is COCCNCC(O)c1ccc(F)cc1Cl. The Morgan fingerprint density at radius 2 is 2.31 bits per heavy atom. The molecule has 3 nitrogen and oxygen atoms in total. The average Bonchev–Trinajstić information content (AvgIpc) is 2.24. The third-order valence-electron chi connectivity index (χ3n) is 2.14. The van der Waals surface area contributed by atoms with Gasteiger partial charge in [0.05, 0.1) is 12.7 Å². The molecule has 1 atom stereocenters. The van der Waals surface area contributed by atoms with E-state index in [9.17, 15) is 9.50 Å². The number of benzene rings is 1. The summed E-state index contributed by atoms with van der Waals surface area (Å²) in [6.45, 7) is 1.57. The summed E-state index contributed by atoms with van der Waals surface area (Å²) in [4.78, 5) is 0. The fourth-order valence-corrected chi connectivity index (χ4v) is 1.59. The van der Waals surface area contributed by atoms with Crippen LogP contribution in [-0.4, -0.2) is 31.9 Å². The van der Waals surface area contributed by atoms with Crippen LogP contribution in [0, 0.1) is 5.82 Å². The Morgan fingerprint density at radius 3 is 2.94 bits per heavy atom. The zero-order valence-electron chi connectivity index (χ0n) is 9.04. The van der Waals surface area contributed by atoms with Crippen LogP contribution in [0.15, 0.2) is 18.2 Å². The first kappa shape index (κ1) is 13.4. The summed E-state index contributed by atoms with van der Waals surface area (Å²) in [5.41, 5.74) is 0.521. The first-order valence-electron chi connectivity index (χ1n) is 4.98. The molecule has 2 N–H and O–H groups in total. The van der Waals surface area contributed by atoms with Crippen LogP contribution in [0.3, 0.4) is 0 Å². The summed E-state index contributed by atoms with van der Waals surface area (Å²) in [6.07, 6.45) is -0.745. The van der Waals surface area contributed by atoms with Crippen molar-refractivity contribution < 1.29 is 14.2 Å².